The van der Waals surface area contributed by atoms with Crippen molar-refractivity contribution in [3.05, 3.63) is 125 Å². The lowest BCUT2D eigenvalue weighted by molar-refractivity contribution is 1.46. The van der Waals surface area contributed by atoms with Crippen LogP contribution >= 0.6 is 0 Å². The van der Waals surface area contributed by atoms with Crippen molar-refractivity contribution < 1.29 is 0 Å². The highest BCUT2D eigenvalue weighted by Crippen LogP contribution is 2.20. The fourth-order valence-corrected chi connectivity index (χ4v) is 4.45. The normalized spacial score (nSPS) is 12.4. The molecule has 3 aromatic carbocycles. The Hall–Kier alpha value is -3.06. The summed E-state index contributed by atoms with van der Waals surface area (Å²) in [6.45, 7) is 14.7. The van der Waals surface area contributed by atoms with E-state index in [0.717, 1.165) is 5.57 Å². The summed E-state index contributed by atoms with van der Waals surface area (Å²) >= 11 is 0. The summed E-state index contributed by atoms with van der Waals surface area (Å²) in [5, 5.41) is 0. The largest absolute Gasteiger partial charge is 0.199 e. The summed E-state index contributed by atoms with van der Waals surface area (Å²) in [4.78, 5) is 0. The molecule has 0 amide bonds. The molecule has 0 nitrogen and oxygen atoms in total. The minimum Gasteiger partial charge on any atom is -0.199 e. The molecule has 0 saturated carbocycles. The summed E-state index contributed by atoms with van der Waals surface area (Å²) < 4.78 is 0. The molecule has 0 radical (unpaired) electrons. The minimum atomic E-state index is -1.33. The topological polar surface area (TPSA) is 0 Å². The SMILES string of the molecule is C=C(C)/C=C\C(=C/C)[B-](c1ccc(C)cc1)(c1ccc(C)cc1)c1ccc(C)cc1. The second-order valence-electron chi connectivity index (χ2n) is 8.57. The lowest BCUT2D eigenvalue weighted by Crippen LogP contribution is -2.68. The summed E-state index contributed by atoms with van der Waals surface area (Å²) in [7, 11) is 0. The molecule has 0 unspecified atom stereocenters. The Bertz CT molecular complexity index is 952. The fraction of sp³-hybridized carbons (Fsp3) is 0.172. The van der Waals surface area contributed by atoms with Crippen molar-refractivity contribution in [3.8, 4) is 0 Å². The number of benzene rings is 3. The van der Waals surface area contributed by atoms with Crippen LogP contribution < -0.4 is 16.4 Å². The van der Waals surface area contributed by atoms with Gasteiger partial charge in [0, 0.05) is 0 Å². The van der Waals surface area contributed by atoms with Gasteiger partial charge < -0.3 is 0 Å². The van der Waals surface area contributed by atoms with Crippen LogP contribution in [0.15, 0.2) is 109 Å². The average molecular weight is 391 g/mol. The number of allylic oxidation sites excluding steroid dienone is 5. The molecule has 0 saturated heterocycles. The lowest BCUT2D eigenvalue weighted by atomic mass is 9.12. The van der Waals surface area contributed by atoms with Gasteiger partial charge in [0.25, 0.3) is 0 Å². The van der Waals surface area contributed by atoms with Crippen LogP contribution in [0.2, 0.25) is 0 Å². The van der Waals surface area contributed by atoms with Crippen molar-refractivity contribution in [1.82, 2.24) is 0 Å². The highest BCUT2D eigenvalue weighted by molar-refractivity contribution is 7.16. The van der Waals surface area contributed by atoms with Gasteiger partial charge in [-0.05, 0) is 34.6 Å². The van der Waals surface area contributed by atoms with Gasteiger partial charge in [-0.15, -0.1) is 6.08 Å². The zero-order valence-electron chi connectivity index (χ0n) is 18.9. The van der Waals surface area contributed by atoms with Crippen molar-refractivity contribution in [3.63, 3.8) is 0 Å². The highest BCUT2D eigenvalue weighted by Gasteiger charge is 2.32. The van der Waals surface area contributed by atoms with Crippen LogP contribution in [0.4, 0.5) is 0 Å². The Labute approximate surface area is 182 Å². The Balaban J connectivity index is 2.44. The summed E-state index contributed by atoms with van der Waals surface area (Å²) in [5.74, 6) is 0. The molecule has 0 heterocycles. The van der Waals surface area contributed by atoms with Crippen LogP contribution in [-0.4, -0.2) is 6.15 Å². The van der Waals surface area contributed by atoms with E-state index in [0.29, 0.717) is 0 Å². The lowest BCUT2D eigenvalue weighted by Gasteiger charge is -2.45. The molecular formula is C29H32B-. The molecular weight excluding hydrogens is 359 g/mol. The summed E-state index contributed by atoms with van der Waals surface area (Å²) in [6.07, 6.45) is 5.31. The molecule has 1 heteroatoms. The van der Waals surface area contributed by atoms with Gasteiger partial charge in [0.05, 0.1) is 0 Å². The van der Waals surface area contributed by atoms with Gasteiger partial charge in [0.1, 0.15) is 6.15 Å². The van der Waals surface area contributed by atoms with Crippen LogP contribution in [-0.2, 0) is 0 Å². The molecule has 3 aromatic rings. The molecule has 0 aliphatic carbocycles. The van der Waals surface area contributed by atoms with Crippen LogP contribution in [0.5, 0.6) is 0 Å². The van der Waals surface area contributed by atoms with Gasteiger partial charge in [-0.3, -0.25) is 0 Å². The standard InChI is InChI=1S/C29H32B/c1-7-26(15-8-22(2)3)30(27-16-9-23(4)10-17-27,28-18-11-24(5)12-19-28)29-20-13-25(6)14-21-29/h7-21H,2H2,1,3-6H3/q-1/b15-8-,26-7+. The van der Waals surface area contributed by atoms with Crippen molar-refractivity contribution in [2.24, 2.45) is 0 Å². The predicted octanol–water partition coefficient (Wildman–Crippen LogP) is 5.70. The first-order valence-electron chi connectivity index (χ1n) is 10.7. The maximum Gasteiger partial charge on any atom is 0.107 e. The van der Waals surface area contributed by atoms with Gasteiger partial charge in [0.15, 0.2) is 0 Å². The van der Waals surface area contributed by atoms with E-state index in [1.54, 1.807) is 0 Å². The van der Waals surface area contributed by atoms with Gasteiger partial charge in [-0.2, -0.15) is 21.9 Å². The molecule has 0 aliphatic heterocycles. The maximum absolute atomic E-state index is 4.09. The predicted molar refractivity (Wildman–Crippen MR) is 136 cm³/mol. The van der Waals surface area contributed by atoms with Crippen LogP contribution in [0.1, 0.15) is 30.5 Å². The molecule has 0 N–H and O–H groups in total. The van der Waals surface area contributed by atoms with Gasteiger partial charge in [-0.1, -0.05) is 114 Å². The van der Waals surface area contributed by atoms with Crippen molar-refractivity contribution in [1.29, 1.82) is 0 Å². The molecule has 0 bridgehead atoms. The summed E-state index contributed by atoms with van der Waals surface area (Å²) in [6, 6.07) is 27.1. The van der Waals surface area contributed by atoms with E-state index >= 15 is 0 Å². The first-order chi connectivity index (χ1) is 14.4. The van der Waals surface area contributed by atoms with Crippen LogP contribution in [0.3, 0.4) is 0 Å². The van der Waals surface area contributed by atoms with E-state index in [-0.39, 0.29) is 0 Å². The van der Waals surface area contributed by atoms with E-state index in [9.17, 15) is 0 Å². The third kappa shape index (κ3) is 4.26. The number of hydrogen-bond donors (Lipinski definition) is 0. The Morgan fingerprint density at radius 3 is 1.23 bits per heavy atom. The number of rotatable bonds is 6. The minimum absolute atomic E-state index is 1.05. The van der Waals surface area contributed by atoms with Gasteiger partial charge >= 0.3 is 0 Å². The average Bonchev–Trinajstić information content (AvgIpc) is 2.73. The first-order valence-corrected chi connectivity index (χ1v) is 10.7. The van der Waals surface area contributed by atoms with Gasteiger partial charge in [-0.25, -0.2) is 0 Å². The Kier molecular flexibility index (Phi) is 6.62. The van der Waals surface area contributed by atoms with Crippen LogP contribution in [0, 0.1) is 20.8 Å². The molecule has 0 atom stereocenters. The fourth-order valence-electron chi connectivity index (χ4n) is 4.45. The number of aryl methyl sites for hydroxylation is 3. The van der Waals surface area contributed by atoms with E-state index in [1.165, 1.54) is 38.6 Å². The zero-order chi connectivity index (χ0) is 21.7. The van der Waals surface area contributed by atoms with Crippen LogP contribution in [0.25, 0.3) is 0 Å². The zero-order valence-corrected chi connectivity index (χ0v) is 18.9. The second-order valence-corrected chi connectivity index (χ2v) is 8.57. The summed E-state index contributed by atoms with van der Waals surface area (Å²) in [5.41, 5.74) is 10.2. The van der Waals surface area contributed by atoms with Crippen molar-refractivity contribution in [2.75, 3.05) is 0 Å². The molecule has 152 valence electrons. The van der Waals surface area contributed by atoms with E-state index in [4.69, 9.17) is 0 Å². The van der Waals surface area contributed by atoms with E-state index in [1.807, 2.05) is 6.92 Å². The highest BCUT2D eigenvalue weighted by atomic mass is 14.1. The quantitative estimate of drug-likeness (QED) is 0.374. The van der Waals surface area contributed by atoms with E-state index in [2.05, 4.69) is 125 Å². The molecule has 3 rings (SSSR count). The third-order valence-electron chi connectivity index (χ3n) is 6.13. The molecule has 0 aliphatic rings. The molecule has 0 aromatic heterocycles. The molecule has 0 fully saturated rings. The molecule has 0 spiro atoms. The second kappa shape index (κ2) is 9.18. The maximum atomic E-state index is 4.09. The number of hydrogen-bond acceptors (Lipinski definition) is 0. The Morgan fingerprint density at radius 1 is 0.633 bits per heavy atom. The monoisotopic (exact) mass is 391 g/mol. The first kappa shape index (κ1) is 21.6. The third-order valence-corrected chi connectivity index (χ3v) is 6.13. The van der Waals surface area contributed by atoms with Crippen molar-refractivity contribution >= 4 is 22.5 Å². The smallest absolute Gasteiger partial charge is 0.107 e. The Morgan fingerprint density at radius 2 is 0.967 bits per heavy atom. The van der Waals surface area contributed by atoms with E-state index < -0.39 is 6.15 Å². The molecule has 30 heavy (non-hydrogen) atoms. The van der Waals surface area contributed by atoms with Crippen molar-refractivity contribution in [2.45, 2.75) is 34.6 Å². The van der Waals surface area contributed by atoms with Gasteiger partial charge in [0.2, 0.25) is 0 Å².